The molecule has 0 radical (unpaired) electrons. The standard InChI is InChI=1S/C14H18ClN3O3.ClH/c1-9(16)10-3-2-6-17(8-10)14(19)12-5-4-11(15)7-13(12)18(20)21;/h4-5,7,9-10H,2-3,6,8,16H2,1H3;1H. The minimum Gasteiger partial charge on any atom is -0.338 e. The van der Waals surface area contributed by atoms with Gasteiger partial charge in [0.15, 0.2) is 0 Å². The molecule has 1 amide bonds. The topological polar surface area (TPSA) is 89.5 Å². The predicted octanol–water partition coefficient (Wildman–Crippen LogP) is 2.87. The molecule has 6 nitrogen and oxygen atoms in total. The summed E-state index contributed by atoms with van der Waals surface area (Å²) in [6.07, 6.45) is 1.84. The van der Waals surface area contributed by atoms with Crippen molar-refractivity contribution in [3.05, 3.63) is 38.9 Å². The molecule has 0 aliphatic carbocycles. The zero-order chi connectivity index (χ0) is 15.6. The first-order chi connectivity index (χ1) is 9.90. The summed E-state index contributed by atoms with van der Waals surface area (Å²) >= 11 is 5.77. The molecule has 0 bridgehead atoms. The molecule has 22 heavy (non-hydrogen) atoms. The van der Waals surface area contributed by atoms with Crippen LogP contribution in [0.1, 0.15) is 30.1 Å². The number of carbonyl (C=O) groups is 1. The van der Waals surface area contributed by atoms with E-state index in [4.69, 9.17) is 17.3 Å². The molecule has 1 heterocycles. The van der Waals surface area contributed by atoms with Crippen molar-refractivity contribution in [1.82, 2.24) is 4.90 Å². The van der Waals surface area contributed by atoms with E-state index < -0.39 is 4.92 Å². The van der Waals surface area contributed by atoms with Crippen molar-refractivity contribution in [2.45, 2.75) is 25.8 Å². The highest BCUT2D eigenvalue weighted by molar-refractivity contribution is 6.31. The highest BCUT2D eigenvalue weighted by Crippen LogP contribution is 2.27. The van der Waals surface area contributed by atoms with Gasteiger partial charge in [0, 0.05) is 30.2 Å². The number of nitrogens with two attached hydrogens (primary N) is 1. The molecule has 122 valence electrons. The number of likely N-dealkylation sites (tertiary alicyclic amines) is 1. The normalized spacial score (nSPS) is 19.2. The van der Waals surface area contributed by atoms with Gasteiger partial charge < -0.3 is 10.6 Å². The maximum atomic E-state index is 12.5. The zero-order valence-electron chi connectivity index (χ0n) is 12.2. The summed E-state index contributed by atoms with van der Waals surface area (Å²) in [7, 11) is 0. The van der Waals surface area contributed by atoms with Crippen molar-refractivity contribution in [3.63, 3.8) is 0 Å². The van der Waals surface area contributed by atoms with Crippen molar-refractivity contribution < 1.29 is 9.72 Å². The van der Waals surface area contributed by atoms with Crippen molar-refractivity contribution in [1.29, 1.82) is 0 Å². The summed E-state index contributed by atoms with van der Waals surface area (Å²) in [5, 5.41) is 11.3. The Labute approximate surface area is 140 Å². The smallest absolute Gasteiger partial charge is 0.283 e. The van der Waals surface area contributed by atoms with E-state index in [1.807, 2.05) is 6.92 Å². The summed E-state index contributed by atoms with van der Waals surface area (Å²) < 4.78 is 0. The van der Waals surface area contributed by atoms with Gasteiger partial charge >= 0.3 is 0 Å². The number of hydrogen-bond donors (Lipinski definition) is 1. The van der Waals surface area contributed by atoms with Crippen LogP contribution < -0.4 is 5.73 Å². The lowest BCUT2D eigenvalue weighted by Gasteiger charge is -2.34. The fourth-order valence-electron chi connectivity index (χ4n) is 2.63. The second-order valence-corrected chi connectivity index (χ2v) is 5.87. The molecule has 0 aromatic heterocycles. The van der Waals surface area contributed by atoms with E-state index in [9.17, 15) is 14.9 Å². The minimum absolute atomic E-state index is 0. The fraction of sp³-hybridized carbons (Fsp3) is 0.500. The number of carbonyl (C=O) groups excluding carboxylic acids is 1. The van der Waals surface area contributed by atoms with E-state index in [2.05, 4.69) is 0 Å². The first-order valence-corrected chi connectivity index (χ1v) is 7.26. The molecule has 8 heteroatoms. The molecule has 1 aromatic rings. The predicted molar refractivity (Wildman–Crippen MR) is 87.6 cm³/mol. The van der Waals surface area contributed by atoms with Gasteiger partial charge in [0.05, 0.1) is 4.92 Å². The highest BCUT2D eigenvalue weighted by atomic mass is 35.5. The Morgan fingerprint density at radius 2 is 2.23 bits per heavy atom. The van der Waals surface area contributed by atoms with Crippen molar-refractivity contribution in [2.24, 2.45) is 11.7 Å². The summed E-state index contributed by atoms with van der Waals surface area (Å²) in [4.78, 5) is 24.7. The van der Waals surface area contributed by atoms with Crippen molar-refractivity contribution in [2.75, 3.05) is 13.1 Å². The summed E-state index contributed by atoms with van der Waals surface area (Å²) in [5.41, 5.74) is 5.73. The summed E-state index contributed by atoms with van der Waals surface area (Å²) in [6, 6.07) is 4.12. The number of piperidine rings is 1. The van der Waals surface area contributed by atoms with E-state index in [1.165, 1.54) is 18.2 Å². The van der Waals surface area contributed by atoms with Crippen LogP contribution in [-0.4, -0.2) is 34.9 Å². The van der Waals surface area contributed by atoms with E-state index in [0.717, 1.165) is 12.8 Å². The maximum absolute atomic E-state index is 12.5. The van der Waals surface area contributed by atoms with Gasteiger partial charge in [-0.1, -0.05) is 11.6 Å². The number of nitro benzene ring substituents is 1. The lowest BCUT2D eigenvalue weighted by molar-refractivity contribution is -0.385. The number of rotatable bonds is 3. The van der Waals surface area contributed by atoms with Crippen LogP contribution in [0.15, 0.2) is 18.2 Å². The Morgan fingerprint density at radius 3 is 2.82 bits per heavy atom. The van der Waals surface area contributed by atoms with Crippen LogP contribution in [-0.2, 0) is 0 Å². The van der Waals surface area contributed by atoms with Gasteiger partial charge in [-0.05, 0) is 37.8 Å². The van der Waals surface area contributed by atoms with Gasteiger partial charge in [-0.3, -0.25) is 14.9 Å². The maximum Gasteiger partial charge on any atom is 0.283 e. The molecule has 1 aliphatic rings. The number of amides is 1. The molecular formula is C14H19Cl2N3O3. The Bertz CT molecular complexity index is 566. The molecule has 1 aliphatic heterocycles. The van der Waals surface area contributed by atoms with Crippen LogP contribution in [0.4, 0.5) is 5.69 Å². The van der Waals surface area contributed by atoms with E-state index in [-0.39, 0.29) is 46.5 Å². The van der Waals surface area contributed by atoms with E-state index in [1.54, 1.807) is 4.90 Å². The van der Waals surface area contributed by atoms with Gasteiger partial charge in [-0.2, -0.15) is 0 Å². The van der Waals surface area contributed by atoms with Crippen LogP contribution >= 0.6 is 24.0 Å². The van der Waals surface area contributed by atoms with Crippen LogP contribution in [0.5, 0.6) is 0 Å². The minimum atomic E-state index is -0.577. The second-order valence-electron chi connectivity index (χ2n) is 5.43. The lowest BCUT2D eigenvalue weighted by Crippen LogP contribution is -2.45. The first kappa shape index (κ1) is 18.7. The Kier molecular flexibility index (Phi) is 6.59. The molecule has 2 unspecified atom stereocenters. The molecule has 2 atom stereocenters. The number of hydrogen-bond acceptors (Lipinski definition) is 4. The van der Waals surface area contributed by atoms with Crippen LogP contribution in [0.3, 0.4) is 0 Å². The SMILES string of the molecule is CC(N)C1CCCN(C(=O)c2ccc(Cl)cc2[N+](=O)[O-])C1.Cl. The average molecular weight is 348 g/mol. The monoisotopic (exact) mass is 347 g/mol. The fourth-order valence-corrected chi connectivity index (χ4v) is 2.80. The Hall–Kier alpha value is -1.37. The average Bonchev–Trinajstić information content (AvgIpc) is 2.46. The molecule has 0 saturated carbocycles. The number of nitrogens with zero attached hydrogens (tertiary/aromatic N) is 2. The van der Waals surface area contributed by atoms with Gasteiger partial charge in [-0.15, -0.1) is 12.4 Å². The van der Waals surface area contributed by atoms with E-state index >= 15 is 0 Å². The number of halogens is 2. The third-order valence-corrected chi connectivity index (χ3v) is 4.11. The molecule has 1 aromatic carbocycles. The lowest BCUT2D eigenvalue weighted by atomic mass is 9.92. The van der Waals surface area contributed by atoms with Crippen LogP contribution in [0.25, 0.3) is 0 Å². The van der Waals surface area contributed by atoms with Crippen molar-refractivity contribution in [3.8, 4) is 0 Å². The Balaban J connectivity index is 0.00000242. The van der Waals surface area contributed by atoms with E-state index in [0.29, 0.717) is 13.1 Å². The largest absolute Gasteiger partial charge is 0.338 e. The van der Waals surface area contributed by atoms with Gasteiger partial charge in [0.25, 0.3) is 11.6 Å². The third-order valence-electron chi connectivity index (χ3n) is 3.88. The molecule has 0 spiro atoms. The quantitative estimate of drug-likeness (QED) is 0.672. The molecule has 1 saturated heterocycles. The summed E-state index contributed by atoms with van der Waals surface area (Å²) in [6.45, 7) is 3.06. The molecule has 2 rings (SSSR count). The molecular weight excluding hydrogens is 329 g/mol. The highest BCUT2D eigenvalue weighted by Gasteiger charge is 2.30. The van der Waals surface area contributed by atoms with Gasteiger partial charge in [0.1, 0.15) is 5.56 Å². The van der Waals surface area contributed by atoms with Crippen LogP contribution in [0, 0.1) is 16.0 Å². The second kappa shape index (κ2) is 7.76. The van der Waals surface area contributed by atoms with Crippen molar-refractivity contribution >= 4 is 35.6 Å². The van der Waals surface area contributed by atoms with Gasteiger partial charge in [-0.25, -0.2) is 0 Å². The first-order valence-electron chi connectivity index (χ1n) is 6.89. The molecule has 1 fully saturated rings. The number of nitro groups is 1. The zero-order valence-corrected chi connectivity index (χ0v) is 13.8. The Morgan fingerprint density at radius 1 is 1.55 bits per heavy atom. The number of benzene rings is 1. The third kappa shape index (κ3) is 4.09. The molecule has 2 N–H and O–H groups in total. The van der Waals surface area contributed by atoms with Crippen LogP contribution in [0.2, 0.25) is 5.02 Å². The van der Waals surface area contributed by atoms with Gasteiger partial charge in [0.2, 0.25) is 0 Å². The summed E-state index contributed by atoms with van der Waals surface area (Å²) in [5.74, 6) is -0.0993.